The van der Waals surface area contributed by atoms with E-state index in [0.717, 1.165) is 37.2 Å². The van der Waals surface area contributed by atoms with Gasteiger partial charge in [0.1, 0.15) is 0 Å². The molecule has 0 bridgehead atoms. The molecule has 3 aliphatic rings. The quantitative estimate of drug-likeness (QED) is 0.573. The third kappa shape index (κ3) is 3.70. The van der Waals surface area contributed by atoms with Gasteiger partial charge in [0.2, 0.25) is 0 Å². The van der Waals surface area contributed by atoms with E-state index in [4.69, 9.17) is 0 Å². The summed E-state index contributed by atoms with van der Waals surface area (Å²) in [5.74, 6) is 1.37. The Kier molecular flexibility index (Phi) is 5.03. The van der Waals surface area contributed by atoms with Crippen molar-refractivity contribution in [2.75, 3.05) is 18.4 Å². The van der Waals surface area contributed by atoms with Gasteiger partial charge in [0, 0.05) is 24.7 Å². The average Bonchev–Trinajstić information content (AvgIpc) is 3.34. The van der Waals surface area contributed by atoms with Crippen LogP contribution in [0.3, 0.4) is 0 Å². The third-order valence-electron chi connectivity index (χ3n) is 7.05. The van der Waals surface area contributed by atoms with Crippen molar-refractivity contribution >= 4 is 27.6 Å². The maximum absolute atomic E-state index is 12.4. The Hall–Kier alpha value is -3.45. The second-order valence-corrected chi connectivity index (χ2v) is 10.6. The molecule has 6 rings (SSSR count). The van der Waals surface area contributed by atoms with Crippen molar-refractivity contribution in [1.82, 2.24) is 4.90 Å². The Labute approximate surface area is 200 Å². The molecule has 172 valence electrons. The minimum Gasteiger partial charge on any atom is -0.352 e. The molecular weight excluding hydrogens is 444 g/mol. The van der Waals surface area contributed by atoms with Crippen LogP contribution in [-0.2, 0) is 10.2 Å². The van der Waals surface area contributed by atoms with E-state index >= 15 is 0 Å². The van der Waals surface area contributed by atoms with Gasteiger partial charge in [-0.1, -0.05) is 66.2 Å². The van der Waals surface area contributed by atoms with Crippen molar-refractivity contribution in [2.24, 2.45) is 14.7 Å². The Morgan fingerprint density at radius 3 is 2.21 bits per heavy atom. The molecule has 1 atom stereocenters. The smallest absolute Gasteiger partial charge is 0.352 e. The fraction of sp³-hybridized carbons (Fsp3) is 0.259. The highest BCUT2D eigenvalue weighted by Gasteiger charge is 2.38. The number of likely N-dealkylation sites (tertiary alicyclic amines) is 1. The van der Waals surface area contributed by atoms with Gasteiger partial charge in [0.15, 0.2) is 11.7 Å². The van der Waals surface area contributed by atoms with Gasteiger partial charge in [0.25, 0.3) is 0 Å². The number of anilines is 1. The van der Waals surface area contributed by atoms with Crippen LogP contribution in [0.15, 0.2) is 81.6 Å². The third-order valence-corrected chi connectivity index (χ3v) is 7.86. The monoisotopic (exact) mass is 470 g/mol. The molecule has 6 nitrogen and oxygen atoms in total. The summed E-state index contributed by atoms with van der Waals surface area (Å²) < 4.78 is 32.7. The number of amidine groups is 2. The van der Waals surface area contributed by atoms with E-state index in [2.05, 4.69) is 67.5 Å². The van der Waals surface area contributed by atoms with Crippen LogP contribution >= 0.6 is 0 Å². The zero-order chi connectivity index (χ0) is 23.3. The normalized spacial score (nSPS) is 21.0. The van der Waals surface area contributed by atoms with Gasteiger partial charge in [-0.05, 0) is 60.1 Å². The molecule has 0 aromatic heterocycles. The van der Waals surface area contributed by atoms with Crippen molar-refractivity contribution < 1.29 is 8.42 Å². The molecule has 0 amide bonds. The standard InChI is InChI=1S/C27H26N4O2S/c1-18-12-14-20(15-13-18)28-26-27(30-34(32,33)29-26)31-16-6-7-19(17-31)25-23-10-4-2-8-21(23)22-9-3-5-11-24(22)25/h2-5,8-15,19,25H,6-7,16-17H2,1H3,(H,28,29). The first-order valence-corrected chi connectivity index (χ1v) is 13.1. The van der Waals surface area contributed by atoms with Crippen LogP contribution in [0, 0.1) is 12.8 Å². The largest absolute Gasteiger partial charge is 0.367 e. The van der Waals surface area contributed by atoms with Crippen LogP contribution in [0.25, 0.3) is 11.1 Å². The lowest BCUT2D eigenvalue weighted by Crippen LogP contribution is -2.45. The highest BCUT2D eigenvalue weighted by molar-refractivity contribution is 7.89. The summed E-state index contributed by atoms with van der Waals surface area (Å²) in [6.45, 7) is 3.51. The topological polar surface area (TPSA) is 74.1 Å². The van der Waals surface area contributed by atoms with Crippen molar-refractivity contribution in [1.29, 1.82) is 0 Å². The summed E-state index contributed by atoms with van der Waals surface area (Å²) in [7, 11) is -3.88. The van der Waals surface area contributed by atoms with Gasteiger partial charge in [-0.15, -0.1) is 8.80 Å². The molecule has 3 aromatic rings. The second kappa shape index (κ2) is 8.09. The Morgan fingerprint density at radius 1 is 0.882 bits per heavy atom. The average molecular weight is 471 g/mol. The van der Waals surface area contributed by atoms with E-state index in [9.17, 15) is 8.42 Å². The summed E-state index contributed by atoms with van der Waals surface area (Å²) in [4.78, 5) is 2.10. The summed E-state index contributed by atoms with van der Waals surface area (Å²) in [6.07, 6.45) is 2.06. The molecule has 2 heterocycles. The second-order valence-electron chi connectivity index (χ2n) is 9.29. The predicted octanol–water partition coefficient (Wildman–Crippen LogP) is 4.99. The lowest BCUT2D eigenvalue weighted by molar-refractivity contribution is 0.244. The zero-order valence-electron chi connectivity index (χ0n) is 19.0. The summed E-state index contributed by atoms with van der Waals surface area (Å²) in [5.41, 5.74) is 7.28. The van der Waals surface area contributed by atoms with Crippen molar-refractivity contribution in [2.45, 2.75) is 25.7 Å². The van der Waals surface area contributed by atoms with E-state index in [1.165, 1.54) is 22.3 Å². The van der Waals surface area contributed by atoms with E-state index in [1.807, 2.05) is 31.2 Å². The van der Waals surface area contributed by atoms with Gasteiger partial charge in [0.05, 0.1) is 0 Å². The molecule has 7 heteroatoms. The van der Waals surface area contributed by atoms with Crippen LogP contribution < -0.4 is 5.32 Å². The highest BCUT2D eigenvalue weighted by atomic mass is 32.2. The Balaban J connectivity index is 1.31. The van der Waals surface area contributed by atoms with Gasteiger partial charge in [-0.25, -0.2) is 0 Å². The molecule has 1 aliphatic carbocycles. The van der Waals surface area contributed by atoms with E-state index in [0.29, 0.717) is 23.5 Å². The van der Waals surface area contributed by atoms with E-state index in [1.54, 1.807) is 0 Å². The maximum atomic E-state index is 12.4. The summed E-state index contributed by atoms with van der Waals surface area (Å²) in [5, 5.41) is 3.19. The van der Waals surface area contributed by atoms with Gasteiger partial charge in [-0.3, -0.25) is 0 Å². The Morgan fingerprint density at radius 2 is 1.53 bits per heavy atom. The number of rotatable bonds is 2. The number of benzene rings is 3. The number of hydrogen-bond acceptors (Lipinski definition) is 4. The molecule has 1 fully saturated rings. The number of nitrogens with one attached hydrogen (secondary N) is 1. The molecule has 2 aliphatic heterocycles. The number of nitrogens with zero attached hydrogens (tertiary/aromatic N) is 3. The molecule has 0 saturated carbocycles. The fourth-order valence-corrected chi connectivity index (χ4v) is 6.39. The molecule has 0 spiro atoms. The number of hydrogen-bond donors (Lipinski definition) is 1. The molecule has 1 unspecified atom stereocenters. The summed E-state index contributed by atoms with van der Waals surface area (Å²) >= 11 is 0. The van der Waals surface area contributed by atoms with E-state index < -0.39 is 10.2 Å². The maximum Gasteiger partial charge on any atom is 0.367 e. The lowest BCUT2D eigenvalue weighted by Gasteiger charge is -2.37. The van der Waals surface area contributed by atoms with Gasteiger partial charge >= 0.3 is 10.2 Å². The first-order chi connectivity index (χ1) is 16.5. The molecule has 1 N–H and O–H groups in total. The first kappa shape index (κ1) is 21.1. The van der Waals surface area contributed by atoms with Crippen LogP contribution in [0.2, 0.25) is 0 Å². The van der Waals surface area contributed by atoms with Crippen LogP contribution in [-0.4, -0.2) is 38.1 Å². The molecule has 34 heavy (non-hydrogen) atoms. The predicted molar refractivity (Wildman–Crippen MR) is 137 cm³/mol. The highest BCUT2D eigenvalue weighted by Crippen LogP contribution is 2.49. The van der Waals surface area contributed by atoms with E-state index in [-0.39, 0.29) is 0 Å². The first-order valence-electron chi connectivity index (χ1n) is 11.7. The van der Waals surface area contributed by atoms with Crippen molar-refractivity contribution in [3.8, 4) is 11.1 Å². The number of aryl methyl sites for hydroxylation is 1. The Bertz CT molecular complexity index is 1380. The van der Waals surface area contributed by atoms with Crippen LogP contribution in [0.4, 0.5) is 5.69 Å². The minimum absolute atomic E-state index is 0.291. The molecular formula is C27H26N4O2S. The number of fused-ring (bicyclic) bond motifs is 3. The molecule has 1 saturated heterocycles. The van der Waals surface area contributed by atoms with Crippen molar-refractivity contribution in [3.63, 3.8) is 0 Å². The SMILES string of the molecule is Cc1ccc(NC2=NS(=O)(=O)N=C2N2CCCC(C3c4ccccc4-c4ccccc43)C2)cc1. The summed E-state index contributed by atoms with van der Waals surface area (Å²) in [6, 6.07) is 25.1. The lowest BCUT2D eigenvalue weighted by atomic mass is 9.79. The molecule has 3 aromatic carbocycles. The van der Waals surface area contributed by atoms with Crippen LogP contribution in [0.5, 0.6) is 0 Å². The number of piperidine rings is 1. The van der Waals surface area contributed by atoms with Gasteiger partial charge in [-0.2, -0.15) is 8.42 Å². The minimum atomic E-state index is -3.88. The zero-order valence-corrected chi connectivity index (χ0v) is 19.8. The van der Waals surface area contributed by atoms with Gasteiger partial charge < -0.3 is 10.2 Å². The fourth-order valence-electron chi connectivity index (χ4n) is 5.57. The molecule has 0 radical (unpaired) electrons. The van der Waals surface area contributed by atoms with Crippen molar-refractivity contribution in [3.05, 3.63) is 89.5 Å². The van der Waals surface area contributed by atoms with Crippen LogP contribution in [0.1, 0.15) is 35.4 Å².